The Morgan fingerprint density at radius 3 is 2.29 bits per heavy atom. The van der Waals surface area contributed by atoms with Crippen molar-refractivity contribution < 1.29 is 9.59 Å². The second kappa shape index (κ2) is 4.20. The summed E-state index contributed by atoms with van der Waals surface area (Å²) in [5.74, 6) is -0.268. The quantitative estimate of drug-likeness (QED) is 0.738. The van der Waals surface area contributed by atoms with Gasteiger partial charge >= 0.3 is 6.03 Å². The number of imide groups is 1. The molecule has 90 valence electrons. The minimum Gasteiger partial charge on any atom is -0.315 e. The molecule has 1 heterocycles. The van der Waals surface area contributed by atoms with Crippen LogP contribution in [0.1, 0.15) is 6.92 Å². The lowest BCUT2D eigenvalue weighted by atomic mass is 10.2. The average molecular weight is 273 g/mol. The van der Waals surface area contributed by atoms with E-state index in [1.165, 1.54) is 11.0 Å². The Morgan fingerprint density at radius 2 is 1.82 bits per heavy atom. The molecule has 1 aliphatic heterocycles. The number of hydrogen-bond donors (Lipinski definition) is 0. The molecule has 1 aromatic rings. The Balaban J connectivity index is 2.43. The molecule has 1 fully saturated rings. The van der Waals surface area contributed by atoms with E-state index in [2.05, 4.69) is 0 Å². The van der Waals surface area contributed by atoms with Gasteiger partial charge in [0.25, 0.3) is 5.91 Å². The van der Waals surface area contributed by atoms with Gasteiger partial charge in [-0.15, -0.1) is 0 Å². The van der Waals surface area contributed by atoms with Crippen molar-refractivity contribution in [2.75, 3.05) is 11.9 Å². The van der Waals surface area contributed by atoms with Crippen LogP contribution < -0.4 is 4.90 Å². The lowest BCUT2D eigenvalue weighted by Crippen LogP contribution is -2.31. The van der Waals surface area contributed by atoms with Crippen molar-refractivity contribution in [2.24, 2.45) is 0 Å². The van der Waals surface area contributed by atoms with Crippen LogP contribution in [0.15, 0.2) is 18.2 Å². The van der Waals surface area contributed by atoms with Crippen molar-refractivity contribution in [1.29, 1.82) is 0 Å². The molecule has 1 aromatic carbocycles. The molecule has 1 aliphatic rings. The predicted molar refractivity (Wildman–Crippen MR) is 66.6 cm³/mol. The van der Waals surface area contributed by atoms with Gasteiger partial charge in [-0.25, -0.2) is 9.69 Å². The van der Waals surface area contributed by atoms with Gasteiger partial charge in [-0.2, -0.15) is 0 Å². The predicted octanol–water partition coefficient (Wildman–Crippen LogP) is 2.78. The zero-order valence-corrected chi connectivity index (χ0v) is 10.8. The third-order valence-corrected chi connectivity index (χ3v) is 3.55. The number of urea groups is 1. The van der Waals surface area contributed by atoms with E-state index in [4.69, 9.17) is 23.2 Å². The lowest BCUT2D eigenvalue weighted by molar-refractivity contribution is -0.119. The topological polar surface area (TPSA) is 40.6 Å². The van der Waals surface area contributed by atoms with Gasteiger partial charge in [0.2, 0.25) is 0 Å². The van der Waals surface area contributed by atoms with Gasteiger partial charge < -0.3 is 4.90 Å². The molecule has 0 unspecified atom stereocenters. The van der Waals surface area contributed by atoms with Crippen LogP contribution in [0.4, 0.5) is 10.5 Å². The Hall–Kier alpha value is -1.26. The average Bonchev–Trinajstić information content (AvgIpc) is 2.48. The van der Waals surface area contributed by atoms with E-state index in [1.807, 2.05) is 0 Å². The molecule has 4 nitrogen and oxygen atoms in total. The number of carbonyl (C=O) groups excluding carboxylic acids is 2. The lowest BCUT2D eigenvalue weighted by Gasteiger charge is -2.14. The van der Waals surface area contributed by atoms with Crippen LogP contribution in [0.5, 0.6) is 0 Å². The summed E-state index contributed by atoms with van der Waals surface area (Å²) in [6.07, 6.45) is 0. The van der Waals surface area contributed by atoms with E-state index in [9.17, 15) is 9.59 Å². The largest absolute Gasteiger partial charge is 0.331 e. The Labute approximate surface area is 109 Å². The van der Waals surface area contributed by atoms with Crippen LogP contribution in [0.2, 0.25) is 10.0 Å². The number of nitrogens with zero attached hydrogens (tertiary/aromatic N) is 2. The fourth-order valence-corrected chi connectivity index (χ4v) is 1.92. The molecule has 6 heteroatoms. The van der Waals surface area contributed by atoms with Crippen LogP contribution in [-0.4, -0.2) is 29.9 Å². The van der Waals surface area contributed by atoms with Crippen LogP contribution in [0.3, 0.4) is 0 Å². The molecule has 0 bridgehead atoms. The van der Waals surface area contributed by atoms with Gasteiger partial charge in [-0.3, -0.25) is 4.79 Å². The maximum absolute atomic E-state index is 11.9. The smallest absolute Gasteiger partial charge is 0.315 e. The summed E-state index contributed by atoms with van der Waals surface area (Å²) in [4.78, 5) is 26.3. The van der Waals surface area contributed by atoms with Gasteiger partial charge in [-0.05, 0) is 25.1 Å². The van der Waals surface area contributed by atoms with Gasteiger partial charge in [0, 0.05) is 7.05 Å². The number of carbonyl (C=O) groups is 2. The zero-order chi connectivity index (χ0) is 12.7. The molecule has 0 spiro atoms. The number of rotatable bonds is 1. The normalized spacial score (nSPS) is 20.4. The van der Waals surface area contributed by atoms with E-state index in [0.29, 0.717) is 15.7 Å². The molecular formula is C11H10Cl2N2O2. The number of halogens is 2. The summed E-state index contributed by atoms with van der Waals surface area (Å²) in [6.45, 7) is 1.68. The molecule has 1 atom stereocenters. The highest BCUT2D eigenvalue weighted by Crippen LogP contribution is 2.30. The number of amides is 3. The van der Waals surface area contributed by atoms with Crippen molar-refractivity contribution in [3.8, 4) is 0 Å². The molecule has 17 heavy (non-hydrogen) atoms. The first-order valence-electron chi connectivity index (χ1n) is 4.99. The van der Waals surface area contributed by atoms with Crippen LogP contribution in [0.25, 0.3) is 0 Å². The third-order valence-electron chi connectivity index (χ3n) is 2.81. The monoisotopic (exact) mass is 272 g/mol. The standard InChI is InChI=1S/C11H10Cl2N2O2/c1-6-10(16)15(11(17)14(6)2)7-3-4-8(12)9(13)5-7/h3-6H,1-2H3/t6-/m1/s1. The second-order valence-corrected chi connectivity index (χ2v) is 4.66. The number of hydrogen-bond acceptors (Lipinski definition) is 2. The van der Waals surface area contributed by atoms with Crippen molar-refractivity contribution >= 4 is 40.8 Å². The van der Waals surface area contributed by atoms with E-state index in [1.54, 1.807) is 26.1 Å². The van der Waals surface area contributed by atoms with Crippen LogP contribution >= 0.6 is 23.2 Å². The van der Waals surface area contributed by atoms with E-state index >= 15 is 0 Å². The van der Waals surface area contributed by atoms with Crippen molar-refractivity contribution in [3.05, 3.63) is 28.2 Å². The molecule has 0 aliphatic carbocycles. The third kappa shape index (κ3) is 1.87. The zero-order valence-electron chi connectivity index (χ0n) is 9.28. The summed E-state index contributed by atoms with van der Waals surface area (Å²) in [5.41, 5.74) is 0.436. The summed E-state index contributed by atoms with van der Waals surface area (Å²) >= 11 is 11.7. The maximum atomic E-state index is 11.9. The SMILES string of the molecule is C[C@@H]1C(=O)N(c2ccc(Cl)c(Cl)c2)C(=O)N1C. The molecule has 0 radical (unpaired) electrons. The number of likely N-dealkylation sites (N-methyl/N-ethyl adjacent to an activating group) is 1. The Morgan fingerprint density at radius 1 is 1.18 bits per heavy atom. The second-order valence-electron chi connectivity index (χ2n) is 3.84. The van der Waals surface area contributed by atoms with Crippen molar-refractivity contribution in [2.45, 2.75) is 13.0 Å². The van der Waals surface area contributed by atoms with Crippen molar-refractivity contribution in [3.63, 3.8) is 0 Å². The first-order chi connectivity index (χ1) is 7.93. The van der Waals surface area contributed by atoms with Gasteiger partial charge in [0.1, 0.15) is 6.04 Å². The fourth-order valence-electron chi connectivity index (χ4n) is 1.63. The highest BCUT2D eigenvalue weighted by molar-refractivity contribution is 6.42. The van der Waals surface area contributed by atoms with Gasteiger partial charge in [0.05, 0.1) is 15.7 Å². The summed E-state index contributed by atoms with van der Waals surface area (Å²) < 4.78 is 0. The van der Waals surface area contributed by atoms with Crippen LogP contribution in [-0.2, 0) is 4.79 Å². The number of anilines is 1. The highest BCUT2D eigenvalue weighted by Gasteiger charge is 2.41. The molecule has 1 saturated heterocycles. The number of benzene rings is 1. The van der Waals surface area contributed by atoms with Gasteiger partial charge in [-0.1, -0.05) is 23.2 Å². The maximum Gasteiger partial charge on any atom is 0.331 e. The van der Waals surface area contributed by atoms with Crippen molar-refractivity contribution in [1.82, 2.24) is 4.90 Å². The minimum absolute atomic E-state index is 0.268. The minimum atomic E-state index is -0.461. The summed E-state index contributed by atoms with van der Waals surface area (Å²) in [7, 11) is 1.59. The molecule has 2 rings (SSSR count). The van der Waals surface area contributed by atoms with Gasteiger partial charge in [0.15, 0.2) is 0 Å². The molecule has 0 N–H and O–H groups in total. The Bertz CT molecular complexity index is 484. The first kappa shape index (κ1) is 12.2. The van der Waals surface area contributed by atoms with E-state index in [0.717, 1.165) is 4.90 Å². The molecule has 0 saturated carbocycles. The summed E-state index contributed by atoms with van der Waals surface area (Å²) in [5, 5.41) is 0.697. The Kier molecular flexibility index (Phi) is 3.02. The molecule has 3 amide bonds. The molecule has 0 aromatic heterocycles. The first-order valence-corrected chi connectivity index (χ1v) is 5.75. The van der Waals surface area contributed by atoms with E-state index < -0.39 is 6.04 Å². The van der Waals surface area contributed by atoms with E-state index in [-0.39, 0.29) is 11.9 Å². The molecular weight excluding hydrogens is 263 g/mol. The van der Waals surface area contributed by atoms with Crippen LogP contribution in [0, 0.1) is 0 Å². The highest BCUT2D eigenvalue weighted by atomic mass is 35.5. The fraction of sp³-hybridized carbons (Fsp3) is 0.273. The summed E-state index contributed by atoms with van der Waals surface area (Å²) in [6, 6.07) is 3.84.